The highest BCUT2D eigenvalue weighted by molar-refractivity contribution is 5.66. The number of fused-ring (bicyclic) bond motifs is 3. The Bertz CT molecular complexity index is 1140. The van der Waals surface area contributed by atoms with Gasteiger partial charge in [0.05, 0.1) is 48.6 Å². The number of carboxylic acids is 1. The summed E-state index contributed by atoms with van der Waals surface area (Å²) in [6.07, 6.45) is 7.29. The molecule has 4 aliphatic carbocycles. The standard InChI is InChI=1S/C37H64N2O8/c1-22-20-24(31(42)34(4,5)44)46-30-29(22)35(6)13-14-36(15-16-36)25(37(35,38)32(30)43)11-10-23-8-7-9-26(33(23,2)3)47-28-21-39(18-19-45-28)17-12-27(40)41/h22-26,28-32,42-44H,7-21,38H2,1-6H3,(H,40,41)/t22-,23+,24+,25?,26?,28?,29+,30?,31?,32+,35?,37+/m1/s1. The fourth-order valence-corrected chi connectivity index (χ4v) is 11.6. The first-order valence-electron chi connectivity index (χ1n) is 18.7. The van der Waals surface area contributed by atoms with Crippen molar-refractivity contribution in [1.29, 1.82) is 0 Å². The second kappa shape index (κ2) is 12.7. The molecule has 0 aromatic heterocycles. The van der Waals surface area contributed by atoms with Crippen molar-refractivity contribution in [3.63, 3.8) is 0 Å². The molecule has 0 radical (unpaired) electrons. The molecule has 6 fully saturated rings. The topological polar surface area (TPSA) is 155 Å². The van der Waals surface area contributed by atoms with E-state index in [1.165, 1.54) is 12.8 Å². The Kier molecular flexibility index (Phi) is 9.74. The number of aliphatic hydroxyl groups is 3. The van der Waals surface area contributed by atoms with Gasteiger partial charge in [0.2, 0.25) is 0 Å². The molecule has 270 valence electrons. The summed E-state index contributed by atoms with van der Waals surface area (Å²) >= 11 is 0. The van der Waals surface area contributed by atoms with E-state index in [9.17, 15) is 20.1 Å². The largest absolute Gasteiger partial charge is 0.481 e. The number of hydrogen-bond donors (Lipinski definition) is 5. The summed E-state index contributed by atoms with van der Waals surface area (Å²) in [5, 5.41) is 43.0. The lowest BCUT2D eigenvalue weighted by molar-refractivity contribution is -0.233. The molecule has 2 aliphatic heterocycles. The monoisotopic (exact) mass is 664 g/mol. The van der Waals surface area contributed by atoms with E-state index in [1.54, 1.807) is 13.8 Å². The van der Waals surface area contributed by atoms with Crippen LogP contribution in [0, 0.1) is 39.9 Å². The number of nitrogens with zero attached hydrogens (tertiary/aromatic N) is 1. The van der Waals surface area contributed by atoms with Gasteiger partial charge in [-0.2, -0.15) is 0 Å². The molecule has 0 aromatic carbocycles. The number of morpholine rings is 1. The molecule has 0 aromatic rings. The van der Waals surface area contributed by atoms with Gasteiger partial charge in [-0.15, -0.1) is 0 Å². The summed E-state index contributed by atoms with van der Waals surface area (Å²) in [5.74, 6) is 0.149. The number of carbonyl (C=O) groups is 1. The molecule has 47 heavy (non-hydrogen) atoms. The third-order valence-electron chi connectivity index (χ3n) is 14.6. The molecule has 2 heterocycles. The Hall–Kier alpha value is -0.850. The van der Waals surface area contributed by atoms with Crippen molar-refractivity contribution in [1.82, 2.24) is 4.90 Å². The number of carboxylic acid groups (broad SMARTS) is 1. The minimum Gasteiger partial charge on any atom is -0.481 e. The van der Waals surface area contributed by atoms with E-state index < -0.39 is 41.5 Å². The number of nitrogens with two attached hydrogens (primary N) is 1. The summed E-state index contributed by atoms with van der Waals surface area (Å²) in [5.41, 5.74) is 5.45. The average Bonchev–Trinajstić information content (AvgIpc) is 3.75. The van der Waals surface area contributed by atoms with Crippen molar-refractivity contribution in [2.45, 2.75) is 160 Å². The van der Waals surface area contributed by atoms with Crippen molar-refractivity contribution < 1.29 is 39.4 Å². The van der Waals surface area contributed by atoms with E-state index in [0.717, 1.165) is 51.5 Å². The molecule has 0 amide bonds. The van der Waals surface area contributed by atoms with Crippen LogP contribution in [0.3, 0.4) is 0 Å². The van der Waals surface area contributed by atoms with Crippen molar-refractivity contribution in [2.75, 3.05) is 26.2 Å². The van der Waals surface area contributed by atoms with E-state index in [0.29, 0.717) is 32.0 Å². The minimum atomic E-state index is -1.30. The Morgan fingerprint density at radius 3 is 2.49 bits per heavy atom. The van der Waals surface area contributed by atoms with E-state index in [4.69, 9.17) is 25.1 Å². The summed E-state index contributed by atoms with van der Waals surface area (Å²) in [6.45, 7) is 14.8. The Balaban J connectivity index is 1.17. The molecule has 2 saturated heterocycles. The van der Waals surface area contributed by atoms with Crippen LogP contribution in [0.2, 0.25) is 0 Å². The van der Waals surface area contributed by atoms with E-state index >= 15 is 0 Å². The molecule has 12 atom stereocenters. The van der Waals surface area contributed by atoms with Gasteiger partial charge in [-0.1, -0.05) is 34.1 Å². The normalized spacial score (nSPS) is 45.3. The predicted octanol–water partition coefficient (Wildman–Crippen LogP) is 3.92. The molecular formula is C37H64N2O8. The van der Waals surface area contributed by atoms with Gasteiger partial charge in [-0.05, 0) is 112 Å². The molecule has 6 N–H and O–H groups in total. The van der Waals surface area contributed by atoms with Crippen LogP contribution in [0.25, 0.3) is 0 Å². The zero-order valence-electron chi connectivity index (χ0n) is 29.8. The maximum Gasteiger partial charge on any atom is 0.304 e. The summed E-state index contributed by atoms with van der Waals surface area (Å²) in [7, 11) is 0. The van der Waals surface area contributed by atoms with Gasteiger partial charge in [0.25, 0.3) is 0 Å². The fraction of sp³-hybridized carbons (Fsp3) is 0.973. The van der Waals surface area contributed by atoms with Crippen molar-refractivity contribution >= 4 is 5.97 Å². The molecule has 10 nitrogen and oxygen atoms in total. The molecule has 1 spiro atoms. The van der Waals surface area contributed by atoms with Crippen LogP contribution < -0.4 is 5.73 Å². The van der Waals surface area contributed by atoms with Crippen LogP contribution in [0.1, 0.15) is 112 Å². The average molecular weight is 665 g/mol. The van der Waals surface area contributed by atoms with Crippen LogP contribution >= 0.6 is 0 Å². The van der Waals surface area contributed by atoms with Crippen molar-refractivity contribution in [3.8, 4) is 0 Å². The maximum atomic E-state index is 12.3. The third-order valence-corrected chi connectivity index (χ3v) is 14.6. The van der Waals surface area contributed by atoms with Gasteiger partial charge in [0.15, 0.2) is 6.29 Å². The quantitative estimate of drug-likeness (QED) is 0.232. The van der Waals surface area contributed by atoms with Crippen molar-refractivity contribution in [3.05, 3.63) is 0 Å². The van der Waals surface area contributed by atoms with Crippen molar-refractivity contribution in [2.24, 2.45) is 45.7 Å². The second-order valence-corrected chi connectivity index (χ2v) is 18.1. The highest BCUT2D eigenvalue weighted by Gasteiger charge is 2.76. The zero-order chi connectivity index (χ0) is 34.2. The molecular weight excluding hydrogens is 600 g/mol. The minimum absolute atomic E-state index is 0.0531. The molecule has 4 saturated carbocycles. The molecule has 10 heteroatoms. The zero-order valence-corrected chi connectivity index (χ0v) is 29.8. The first kappa shape index (κ1) is 36.0. The molecule has 6 aliphatic rings. The Morgan fingerprint density at radius 1 is 1.13 bits per heavy atom. The smallest absolute Gasteiger partial charge is 0.304 e. The molecule has 6 rings (SSSR count). The second-order valence-electron chi connectivity index (χ2n) is 18.1. The fourth-order valence-electron chi connectivity index (χ4n) is 11.6. The van der Waals surface area contributed by atoms with Crippen LogP contribution in [0.15, 0.2) is 0 Å². The Labute approximate surface area is 282 Å². The summed E-state index contributed by atoms with van der Waals surface area (Å²) < 4.78 is 19.3. The number of aliphatic carboxylic acids is 1. The number of hydrogen-bond acceptors (Lipinski definition) is 9. The van der Waals surface area contributed by atoms with Crippen LogP contribution in [-0.2, 0) is 19.0 Å². The van der Waals surface area contributed by atoms with Gasteiger partial charge in [-0.25, -0.2) is 0 Å². The predicted molar refractivity (Wildman–Crippen MR) is 177 cm³/mol. The first-order chi connectivity index (χ1) is 21.9. The van der Waals surface area contributed by atoms with E-state index in [1.807, 2.05) is 0 Å². The maximum absolute atomic E-state index is 12.3. The first-order valence-corrected chi connectivity index (χ1v) is 18.7. The Morgan fingerprint density at radius 2 is 1.83 bits per heavy atom. The SMILES string of the molecule is C[C@@H]1C[C@@H](C(O)C(C)(C)O)OC2[C@H]1C1(C)CCC3(CC3)C(CC[C@@H]3CCCC(OC4CN(CCC(=O)O)CCO4)C3(C)C)[C@]1(N)[C@H]2O. The summed E-state index contributed by atoms with van der Waals surface area (Å²) in [6, 6.07) is 0. The van der Waals surface area contributed by atoms with Gasteiger partial charge in [0.1, 0.15) is 6.10 Å². The van der Waals surface area contributed by atoms with Gasteiger partial charge in [0, 0.05) is 19.6 Å². The number of aliphatic hydroxyl groups excluding tert-OH is 2. The number of rotatable bonds is 10. The highest BCUT2D eigenvalue weighted by Crippen LogP contribution is 2.73. The van der Waals surface area contributed by atoms with Crippen LogP contribution in [-0.4, -0.2) is 105 Å². The number of ether oxygens (including phenoxy) is 3. The van der Waals surface area contributed by atoms with Gasteiger partial charge >= 0.3 is 5.97 Å². The summed E-state index contributed by atoms with van der Waals surface area (Å²) in [4.78, 5) is 13.2. The van der Waals surface area contributed by atoms with Crippen LogP contribution in [0.5, 0.6) is 0 Å². The van der Waals surface area contributed by atoms with Gasteiger partial charge < -0.3 is 40.4 Å². The molecule has 6 unspecified atom stereocenters. The highest BCUT2D eigenvalue weighted by atomic mass is 16.7. The van der Waals surface area contributed by atoms with Crippen LogP contribution in [0.4, 0.5) is 0 Å². The molecule has 0 bridgehead atoms. The lowest BCUT2D eigenvalue weighted by atomic mass is 9.49. The lowest BCUT2D eigenvalue weighted by Gasteiger charge is -2.58. The van der Waals surface area contributed by atoms with E-state index in [2.05, 4.69) is 32.6 Å². The lowest BCUT2D eigenvalue weighted by Crippen LogP contribution is -2.68. The third kappa shape index (κ3) is 6.23. The van der Waals surface area contributed by atoms with E-state index in [-0.39, 0.29) is 52.8 Å². The van der Waals surface area contributed by atoms with Gasteiger partial charge in [-0.3, -0.25) is 9.69 Å².